The van der Waals surface area contributed by atoms with Crippen LogP contribution in [0.1, 0.15) is 64.7 Å². The fourth-order valence-corrected chi connectivity index (χ4v) is 4.18. The largest absolute Gasteiger partial charge is 0.340 e. The highest BCUT2D eigenvalue weighted by Crippen LogP contribution is 2.29. The average molecular weight is 364 g/mol. The lowest BCUT2D eigenvalue weighted by atomic mass is 9.98. The molecule has 0 aliphatic carbocycles. The van der Waals surface area contributed by atoms with Crippen molar-refractivity contribution in [2.45, 2.75) is 71.3 Å². The molecule has 2 heteroatoms. The van der Waals surface area contributed by atoms with Crippen LogP contribution in [0.15, 0.2) is 48.5 Å². The van der Waals surface area contributed by atoms with E-state index in [0.717, 1.165) is 19.4 Å². The van der Waals surface area contributed by atoms with Crippen LogP contribution >= 0.6 is 0 Å². The first-order chi connectivity index (χ1) is 13.3. The number of hydrogen-bond acceptors (Lipinski definition) is 1. The van der Waals surface area contributed by atoms with Gasteiger partial charge in [-0.05, 0) is 25.0 Å². The number of para-hydroxylation sites is 2. The summed E-state index contributed by atoms with van der Waals surface area (Å²) in [6.07, 6.45) is 12.3. The molecule has 0 aliphatic heterocycles. The number of benzene rings is 2. The van der Waals surface area contributed by atoms with Crippen LogP contribution in [-0.4, -0.2) is 10.9 Å². The van der Waals surface area contributed by atoms with E-state index in [4.69, 9.17) is 0 Å². The summed E-state index contributed by atoms with van der Waals surface area (Å²) in [7, 11) is 0. The molecule has 27 heavy (non-hydrogen) atoms. The molecular formula is C25H33NO. The standard InChI is InChI=1S/C25H33NO/c1-2-3-4-5-6-7-8-13-21(20-27)18-19-26-24-16-11-9-14-22(24)23-15-10-12-17-25(23)26/h9-12,14-17,20-21H,2-8,13,18-19H2,1H3. The van der Waals surface area contributed by atoms with E-state index in [1.165, 1.54) is 73.0 Å². The average Bonchev–Trinajstić information content (AvgIpc) is 3.03. The van der Waals surface area contributed by atoms with E-state index in [2.05, 4.69) is 60.0 Å². The minimum atomic E-state index is 0.181. The minimum Gasteiger partial charge on any atom is -0.340 e. The van der Waals surface area contributed by atoms with Crippen molar-refractivity contribution < 1.29 is 4.79 Å². The number of carbonyl (C=O) groups excluding carboxylic acids is 1. The first-order valence-corrected chi connectivity index (χ1v) is 10.8. The molecule has 1 unspecified atom stereocenters. The van der Waals surface area contributed by atoms with Crippen LogP contribution in [0.5, 0.6) is 0 Å². The van der Waals surface area contributed by atoms with Crippen molar-refractivity contribution >= 4 is 28.1 Å². The first-order valence-electron chi connectivity index (χ1n) is 10.8. The Morgan fingerprint density at radius 3 is 1.93 bits per heavy atom. The predicted molar refractivity (Wildman–Crippen MR) is 116 cm³/mol. The number of rotatable bonds is 12. The molecule has 1 aromatic heterocycles. The molecule has 0 fully saturated rings. The number of carbonyl (C=O) groups is 1. The monoisotopic (exact) mass is 363 g/mol. The number of aryl methyl sites for hydroxylation is 1. The summed E-state index contributed by atoms with van der Waals surface area (Å²) in [5.74, 6) is 0.181. The molecule has 1 heterocycles. The van der Waals surface area contributed by atoms with Gasteiger partial charge in [-0.1, -0.05) is 88.3 Å². The second-order valence-corrected chi connectivity index (χ2v) is 7.78. The number of nitrogens with zero attached hydrogens (tertiary/aromatic N) is 1. The zero-order valence-corrected chi connectivity index (χ0v) is 16.7. The summed E-state index contributed by atoms with van der Waals surface area (Å²) in [6.45, 7) is 3.17. The molecule has 3 aromatic rings. The molecule has 0 N–H and O–H groups in total. The molecule has 0 amide bonds. The number of hydrogen-bond donors (Lipinski definition) is 0. The Labute approximate surface area is 163 Å². The van der Waals surface area contributed by atoms with Crippen molar-refractivity contribution in [3.63, 3.8) is 0 Å². The van der Waals surface area contributed by atoms with Crippen molar-refractivity contribution in [3.05, 3.63) is 48.5 Å². The van der Waals surface area contributed by atoms with Crippen LogP contribution < -0.4 is 0 Å². The van der Waals surface area contributed by atoms with Gasteiger partial charge in [-0.15, -0.1) is 0 Å². The molecule has 1 atom stereocenters. The van der Waals surface area contributed by atoms with E-state index in [1.807, 2.05) is 0 Å². The number of aldehydes is 1. The molecule has 144 valence electrons. The summed E-state index contributed by atoms with van der Waals surface area (Å²) < 4.78 is 2.39. The van der Waals surface area contributed by atoms with Crippen molar-refractivity contribution in [2.75, 3.05) is 0 Å². The van der Waals surface area contributed by atoms with E-state index in [-0.39, 0.29) is 5.92 Å². The summed E-state index contributed by atoms with van der Waals surface area (Å²) in [5.41, 5.74) is 2.55. The van der Waals surface area contributed by atoms with E-state index in [1.54, 1.807) is 0 Å². The van der Waals surface area contributed by atoms with Gasteiger partial charge in [-0.3, -0.25) is 0 Å². The number of unbranched alkanes of at least 4 members (excludes halogenated alkanes) is 6. The lowest BCUT2D eigenvalue weighted by Crippen LogP contribution is -2.08. The summed E-state index contributed by atoms with van der Waals surface area (Å²) in [5, 5.41) is 2.62. The smallest absolute Gasteiger partial charge is 0.123 e. The van der Waals surface area contributed by atoms with Gasteiger partial charge in [0.25, 0.3) is 0 Å². The van der Waals surface area contributed by atoms with Crippen LogP contribution in [0.2, 0.25) is 0 Å². The fourth-order valence-electron chi connectivity index (χ4n) is 4.18. The molecule has 0 aliphatic rings. The molecule has 3 rings (SSSR count). The summed E-state index contributed by atoms with van der Waals surface area (Å²) >= 11 is 0. The molecule has 0 saturated heterocycles. The van der Waals surface area contributed by atoms with E-state index < -0.39 is 0 Å². The molecule has 0 bridgehead atoms. The van der Waals surface area contributed by atoms with Crippen molar-refractivity contribution in [2.24, 2.45) is 5.92 Å². The van der Waals surface area contributed by atoms with Gasteiger partial charge in [0.1, 0.15) is 6.29 Å². The lowest BCUT2D eigenvalue weighted by Gasteiger charge is -2.13. The maximum atomic E-state index is 11.6. The predicted octanol–water partition coefficient (Wildman–Crippen LogP) is 7.14. The third-order valence-electron chi connectivity index (χ3n) is 5.77. The van der Waals surface area contributed by atoms with Gasteiger partial charge < -0.3 is 9.36 Å². The second-order valence-electron chi connectivity index (χ2n) is 7.78. The van der Waals surface area contributed by atoms with Gasteiger partial charge in [0.05, 0.1) is 0 Å². The van der Waals surface area contributed by atoms with Crippen LogP contribution in [-0.2, 0) is 11.3 Å². The van der Waals surface area contributed by atoms with Gasteiger partial charge >= 0.3 is 0 Å². The second kappa shape index (κ2) is 10.3. The molecular weight excluding hydrogens is 330 g/mol. The zero-order valence-electron chi connectivity index (χ0n) is 16.7. The number of fused-ring (bicyclic) bond motifs is 3. The van der Waals surface area contributed by atoms with E-state index in [9.17, 15) is 4.79 Å². The molecule has 2 aromatic carbocycles. The SMILES string of the molecule is CCCCCCCCCC(C=O)CCn1c2ccccc2c2ccccc21. The van der Waals surface area contributed by atoms with Gasteiger partial charge in [-0.2, -0.15) is 0 Å². The lowest BCUT2D eigenvalue weighted by molar-refractivity contribution is -0.111. The minimum absolute atomic E-state index is 0.181. The first kappa shape index (κ1) is 19.7. The topological polar surface area (TPSA) is 22.0 Å². The molecule has 0 saturated carbocycles. The fraction of sp³-hybridized carbons (Fsp3) is 0.480. The van der Waals surface area contributed by atoms with E-state index in [0.29, 0.717) is 0 Å². The molecule has 0 spiro atoms. The van der Waals surface area contributed by atoms with Gasteiger partial charge in [-0.25, -0.2) is 0 Å². The number of aromatic nitrogens is 1. The highest BCUT2D eigenvalue weighted by atomic mass is 16.1. The summed E-state index contributed by atoms with van der Waals surface area (Å²) in [6, 6.07) is 17.2. The Bertz CT molecular complexity index is 795. The Hall–Kier alpha value is -2.09. The molecule has 0 radical (unpaired) electrons. The molecule has 2 nitrogen and oxygen atoms in total. The van der Waals surface area contributed by atoms with Crippen LogP contribution in [0, 0.1) is 5.92 Å². The van der Waals surface area contributed by atoms with Crippen molar-refractivity contribution in [1.82, 2.24) is 4.57 Å². The van der Waals surface area contributed by atoms with Crippen molar-refractivity contribution in [3.8, 4) is 0 Å². The normalized spacial score (nSPS) is 12.6. The van der Waals surface area contributed by atoms with Gasteiger partial charge in [0.15, 0.2) is 0 Å². The summed E-state index contributed by atoms with van der Waals surface area (Å²) in [4.78, 5) is 11.6. The van der Waals surface area contributed by atoms with E-state index >= 15 is 0 Å². The Balaban J connectivity index is 1.57. The Kier molecular flexibility index (Phi) is 7.50. The van der Waals surface area contributed by atoms with Crippen LogP contribution in [0.3, 0.4) is 0 Å². The Morgan fingerprint density at radius 2 is 1.33 bits per heavy atom. The van der Waals surface area contributed by atoms with Gasteiger partial charge in [0.2, 0.25) is 0 Å². The third-order valence-corrected chi connectivity index (χ3v) is 5.77. The zero-order chi connectivity index (χ0) is 18.9. The quantitative estimate of drug-likeness (QED) is 0.247. The maximum Gasteiger partial charge on any atom is 0.123 e. The van der Waals surface area contributed by atoms with Crippen LogP contribution in [0.25, 0.3) is 21.8 Å². The van der Waals surface area contributed by atoms with Gasteiger partial charge in [0, 0.05) is 34.3 Å². The third kappa shape index (κ3) is 5.00. The van der Waals surface area contributed by atoms with Crippen LogP contribution in [0.4, 0.5) is 0 Å². The highest BCUT2D eigenvalue weighted by Gasteiger charge is 2.12. The Morgan fingerprint density at radius 1 is 0.778 bits per heavy atom. The van der Waals surface area contributed by atoms with Crippen molar-refractivity contribution in [1.29, 1.82) is 0 Å². The highest BCUT2D eigenvalue weighted by molar-refractivity contribution is 6.07. The maximum absolute atomic E-state index is 11.6.